The van der Waals surface area contributed by atoms with Crippen LogP contribution in [-0.2, 0) is 4.79 Å². The van der Waals surface area contributed by atoms with Crippen molar-refractivity contribution in [3.8, 4) is 11.3 Å². The molecule has 184 valence electrons. The number of rotatable bonds is 5. The molecule has 2 bridgehead atoms. The van der Waals surface area contributed by atoms with Crippen LogP contribution in [0.1, 0.15) is 79.0 Å². The number of Topliss-reactive ketones (excluding diaryl/α,β-unsaturated/α-hetero) is 1. The van der Waals surface area contributed by atoms with Gasteiger partial charge in [0.05, 0.1) is 12.2 Å². The Morgan fingerprint density at radius 1 is 1.20 bits per heavy atom. The zero-order valence-electron chi connectivity index (χ0n) is 21.6. The minimum Gasteiger partial charge on any atom is -0.346 e. The Balaban J connectivity index is 1.44. The molecule has 2 aliphatic heterocycles. The Hall–Kier alpha value is -2.51. The van der Waals surface area contributed by atoms with Gasteiger partial charge in [0, 0.05) is 34.6 Å². The van der Waals surface area contributed by atoms with Crippen LogP contribution < -0.4 is 0 Å². The number of aromatic amines is 1. The Bertz CT molecular complexity index is 1460. The molecule has 2 saturated heterocycles. The minimum atomic E-state index is 0.290. The summed E-state index contributed by atoms with van der Waals surface area (Å²) in [5.74, 6) is 1.96. The summed E-state index contributed by atoms with van der Waals surface area (Å²) in [6.07, 6.45) is 7.47. The van der Waals surface area contributed by atoms with Gasteiger partial charge in [0.15, 0.2) is 5.65 Å². The Labute approximate surface area is 210 Å². The SMILES string of the molecule is CC(=O)CN1C[C@@H]2CC[C@H]1C[C@H]2c1sc2[nH]c(-c3cn4ncnc4c(C)c3C)c(C(C)C)c2c1C. The van der Waals surface area contributed by atoms with Crippen LogP contribution in [0.25, 0.3) is 27.1 Å². The van der Waals surface area contributed by atoms with Gasteiger partial charge in [-0.05, 0) is 87.0 Å². The summed E-state index contributed by atoms with van der Waals surface area (Å²) in [4.78, 5) is 25.4. The number of nitrogens with zero attached hydrogens (tertiary/aromatic N) is 4. The van der Waals surface area contributed by atoms with Gasteiger partial charge in [0.1, 0.15) is 16.9 Å². The van der Waals surface area contributed by atoms with E-state index >= 15 is 0 Å². The number of pyridine rings is 1. The number of aryl methyl sites for hydroxylation is 2. The van der Waals surface area contributed by atoms with Crippen LogP contribution in [0.3, 0.4) is 0 Å². The molecule has 1 N–H and O–H groups in total. The molecule has 0 amide bonds. The third kappa shape index (κ3) is 3.50. The van der Waals surface area contributed by atoms with Crippen LogP contribution >= 0.6 is 11.3 Å². The van der Waals surface area contributed by atoms with Crippen LogP contribution in [0.15, 0.2) is 12.5 Å². The molecule has 0 unspecified atom stereocenters. The maximum absolute atomic E-state index is 11.8. The van der Waals surface area contributed by atoms with Crippen molar-refractivity contribution in [3.63, 3.8) is 0 Å². The number of hydrogen-bond donors (Lipinski definition) is 1. The molecular weight excluding hydrogens is 454 g/mol. The lowest BCUT2D eigenvalue weighted by molar-refractivity contribution is -0.120. The predicted molar refractivity (Wildman–Crippen MR) is 143 cm³/mol. The van der Waals surface area contributed by atoms with Crippen molar-refractivity contribution < 1.29 is 4.79 Å². The average molecular weight is 490 g/mol. The lowest BCUT2D eigenvalue weighted by atomic mass is 9.70. The molecule has 4 aromatic heterocycles. The highest BCUT2D eigenvalue weighted by Gasteiger charge is 2.42. The lowest BCUT2D eigenvalue weighted by Gasteiger charge is -2.49. The maximum Gasteiger partial charge on any atom is 0.158 e. The molecule has 0 radical (unpaired) electrons. The Morgan fingerprint density at radius 3 is 2.69 bits per heavy atom. The Kier molecular flexibility index (Phi) is 5.42. The van der Waals surface area contributed by atoms with Gasteiger partial charge >= 0.3 is 0 Å². The van der Waals surface area contributed by atoms with Gasteiger partial charge in [0.2, 0.25) is 0 Å². The van der Waals surface area contributed by atoms with Gasteiger partial charge in [0.25, 0.3) is 0 Å². The molecule has 0 spiro atoms. The second-order valence-electron chi connectivity index (χ2n) is 11.1. The number of fused-ring (bicyclic) bond motifs is 5. The number of carbonyl (C=O) groups is 1. The summed E-state index contributed by atoms with van der Waals surface area (Å²) in [6.45, 7) is 14.7. The second kappa shape index (κ2) is 8.27. The summed E-state index contributed by atoms with van der Waals surface area (Å²) in [5, 5.41) is 5.85. The van der Waals surface area contributed by atoms with E-state index in [9.17, 15) is 4.79 Å². The molecule has 7 rings (SSSR count). The van der Waals surface area contributed by atoms with Gasteiger partial charge in [-0.25, -0.2) is 9.50 Å². The first-order valence-corrected chi connectivity index (χ1v) is 13.7. The highest BCUT2D eigenvalue weighted by molar-refractivity contribution is 7.19. The van der Waals surface area contributed by atoms with E-state index in [1.165, 1.54) is 63.0 Å². The van der Waals surface area contributed by atoms with Gasteiger partial charge in [-0.15, -0.1) is 11.3 Å². The van der Waals surface area contributed by atoms with E-state index in [4.69, 9.17) is 0 Å². The number of H-pyrrole nitrogens is 1. The van der Waals surface area contributed by atoms with E-state index < -0.39 is 0 Å². The quantitative estimate of drug-likeness (QED) is 0.365. The first kappa shape index (κ1) is 22.9. The molecule has 6 nitrogen and oxygen atoms in total. The molecular formula is C28H35N5OS. The van der Waals surface area contributed by atoms with Crippen molar-refractivity contribution in [3.05, 3.63) is 39.7 Å². The Morgan fingerprint density at radius 2 is 2.00 bits per heavy atom. The summed E-state index contributed by atoms with van der Waals surface area (Å²) >= 11 is 1.97. The van der Waals surface area contributed by atoms with E-state index in [0.29, 0.717) is 36.1 Å². The van der Waals surface area contributed by atoms with Crippen molar-refractivity contribution in [2.45, 2.75) is 78.7 Å². The van der Waals surface area contributed by atoms with Crippen LogP contribution in [0.2, 0.25) is 0 Å². The molecule has 3 fully saturated rings. The summed E-state index contributed by atoms with van der Waals surface area (Å²) in [6, 6.07) is 0.550. The molecule has 0 aromatic carbocycles. The average Bonchev–Trinajstić information content (AvgIpc) is 3.51. The molecule has 35 heavy (non-hydrogen) atoms. The van der Waals surface area contributed by atoms with E-state index in [2.05, 4.69) is 60.8 Å². The molecule has 1 aliphatic carbocycles. The molecule has 1 saturated carbocycles. The van der Waals surface area contributed by atoms with E-state index in [-0.39, 0.29) is 0 Å². The standard InChI is InChI=1S/C28H35N5OS/c1-14(2)23-24-18(6)26(21-9-20-8-7-19(21)11-32(20)10-15(3)34)35-28(24)31-25(23)22-12-33-27(29-13-30-33)17(5)16(22)4/h12-14,19-21,31H,7-11H2,1-6H3/t19-,20-,21+/m0/s1. The first-order valence-electron chi connectivity index (χ1n) is 12.9. The van der Waals surface area contributed by atoms with E-state index in [1.54, 1.807) is 18.1 Å². The molecule has 3 atom stereocenters. The van der Waals surface area contributed by atoms with Gasteiger partial charge < -0.3 is 4.98 Å². The van der Waals surface area contributed by atoms with Crippen molar-refractivity contribution in [1.82, 2.24) is 24.5 Å². The third-order valence-corrected chi connectivity index (χ3v) is 9.99. The highest BCUT2D eigenvalue weighted by Crippen LogP contribution is 2.51. The normalized spacial score (nSPS) is 22.8. The molecule has 6 heterocycles. The largest absolute Gasteiger partial charge is 0.346 e. The second-order valence-corrected chi connectivity index (χ2v) is 12.2. The number of piperidine rings is 2. The molecule has 3 aliphatic rings. The summed E-state index contributed by atoms with van der Waals surface area (Å²) in [7, 11) is 0. The monoisotopic (exact) mass is 489 g/mol. The summed E-state index contributed by atoms with van der Waals surface area (Å²) in [5.41, 5.74) is 8.68. The zero-order valence-corrected chi connectivity index (χ0v) is 22.4. The fraction of sp³-hybridized carbons (Fsp3) is 0.536. The number of carbonyl (C=O) groups excluding carboxylic acids is 1. The van der Waals surface area contributed by atoms with E-state index in [0.717, 1.165) is 12.2 Å². The van der Waals surface area contributed by atoms with Crippen LogP contribution in [0.4, 0.5) is 0 Å². The van der Waals surface area contributed by atoms with E-state index in [1.807, 2.05) is 15.9 Å². The van der Waals surface area contributed by atoms with Crippen LogP contribution in [-0.4, -0.2) is 49.4 Å². The third-order valence-electron chi connectivity index (χ3n) is 8.65. The van der Waals surface area contributed by atoms with Gasteiger partial charge in [-0.3, -0.25) is 9.69 Å². The number of aromatic nitrogens is 4. The first-order chi connectivity index (χ1) is 16.7. The van der Waals surface area contributed by atoms with Crippen molar-refractivity contribution in [2.24, 2.45) is 5.92 Å². The molecule has 7 heteroatoms. The number of ketones is 1. The number of thiophene rings is 1. The number of nitrogens with one attached hydrogen (secondary N) is 1. The fourth-order valence-electron chi connectivity index (χ4n) is 6.86. The molecule has 4 aromatic rings. The maximum atomic E-state index is 11.8. The smallest absolute Gasteiger partial charge is 0.158 e. The van der Waals surface area contributed by atoms with Gasteiger partial charge in [-0.2, -0.15) is 5.10 Å². The summed E-state index contributed by atoms with van der Waals surface area (Å²) < 4.78 is 1.90. The van der Waals surface area contributed by atoms with Crippen LogP contribution in [0.5, 0.6) is 0 Å². The van der Waals surface area contributed by atoms with Crippen molar-refractivity contribution in [2.75, 3.05) is 13.1 Å². The van der Waals surface area contributed by atoms with Crippen molar-refractivity contribution >= 4 is 33.0 Å². The van der Waals surface area contributed by atoms with Crippen molar-refractivity contribution in [1.29, 1.82) is 0 Å². The predicted octanol–water partition coefficient (Wildman–Crippen LogP) is 6.14. The lowest BCUT2D eigenvalue weighted by Crippen LogP contribution is -2.52. The van der Waals surface area contributed by atoms with Gasteiger partial charge in [-0.1, -0.05) is 13.8 Å². The zero-order chi connectivity index (χ0) is 24.6. The highest BCUT2D eigenvalue weighted by atomic mass is 32.1. The topological polar surface area (TPSA) is 66.3 Å². The van der Waals surface area contributed by atoms with Crippen LogP contribution in [0, 0.1) is 26.7 Å². The fourth-order valence-corrected chi connectivity index (χ4v) is 8.29. The minimum absolute atomic E-state index is 0.290. The number of hydrogen-bond acceptors (Lipinski definition) is 5.